The van der Waals surface area contributed by atoms with Gasteiger partial charge in [0.05, 0.1) is 0 Å². The largest absolute Gasteiger partial charge is 0.488 e. The Balaban J connectivity index is 1.60. The number of carbonyl (C=O) groups is 1. The lowest BCUT2D eigenvalue weighted by Crippen LogP contribution is -2.06. The van der Waals surface area contributed by atoms with Gasteiger partial charge in [-0.2, -0.15) is 0 Å². The van der Waals surface area contributed by atoms with Crippen LogP contribution in [0.2, 0.25) is 0 Å². The van der Waals surface area contributed by atoms with E-state index in [9.17, 15) is 4.79 Å². The van der Waals surface area contributed by atoms with Crippen LogP contribution in [0.15, 0.2) is 77.4 Å². The summed E-state index contributed by atoms with van der Waals surface area (Å²) in [5.41, 5.74) is 5.23. The molecule has 150 valence electrons. The molecule has 5 heteroatoms. The molecule has 0 unspecified atom stereocenters. The highest BCUT2D eigenvalue weighted by atomic mass is 127. The normalized spacial score (nSPS) is 14.6. The third kappa shape index (κ3) is 4.46. The van der Waals surface area contributed by atoms with Crippen LogP contribution >= 0.6 is 22.6 Å². The Kier molecular flexibility index (Phi) is 5.99. The first-order chi connectivity index (χ1) is 14.5. The first-order valence-electron chi connectivity index (χ1n) is 9.57. The van der Waals surface area contributed by atoms with Crippen LogP contribution in [-0.4, -0.2) is 11.9 Å². The number of halogens is 1. The highest BCUT2D eigenvalue weighted by Crippen LogP contribution is 2.26. The Bertz CT molecular complexity index is 1180. The van der Waals surface area contributed by atoms with E-state index in [1.165, 1.54) is 5.56 Å². The lowest BCUT2D eigenvalue weighted by Gasteiger charge is -2.11. The lowest BCUT2D eigenvalue weighted by atomic mass is 10.1. The fraction of sp³-hybridized carbons (Fsp3) is 0.120. The van der Waals surface area contributed by atoms with Crippen molar-refractivity contribution >= 4 is 40.5 Å². The van der Waals surface area contributed by atoms with Gasteiger partial charge in [-0.05, 0) is 83.5 Å². The van der Waals surface area contributed by atoms with Crippen molar-refractivity contribution in [3.8, 4) is 5.75 Å². The van der Waals surface area contributed by atoms with E-state index in [2.05, 4.69) is 40.6 Å². The predicted octanol–water partition coefficient (Wildman–Crippen LogP) is 5.83. The van der Waals surface area contributed by atoms with Gasteiger partial charge >= 0.3 is 5.97 Å². The number of aliphatic imine (C=N–C) groups is 1. The molecule has 0 aromatic heterocycles. The van der Waals surface area contributed by atoms with E-state index in [-0.39, 0.29) is 5.70 Å². The monoisotopic (exact) mass is 509 g/mol. The minimum Gasteiger partial charge on any atom is -0.488 e. The number of benzene rings is 3. The Morgan fingerprint density at radius 1 is 1.00 bits per heavy atom. The summed E-state index contributed by atoms with van der Waals surface area (Å²) in [5, 5.41) is 0. The first kappa shape index (κ1) is 20.3. The van der Waals surface area contributed by atoms with Gasteiger partial charge in [0.25, 0.3) is 0 Å². The fourth-order valence-corrected chi connectivity index (χ4v) is 3.45. The molecule has 0 saturated carbocycles. The molecular weight excluding hydrogens is 489 g/mol. The van der Waals surface area contributed by atoms with Crippen LogP contribution in [0.5, 0.6) is 5.75 Å². The number of carbonyl (C=O) groups excluding carboxylic acids is 1. The second-order valence-corrected chi connectivity index (χ2v) is 8.22. The highest BCUT2D eigenvalue weighted by Gasteiger charge is 2.24. The smallest absolute Gasteiger partial charge is 0.363 e. The molecule has 0 aliphatic carbocycles. The Labute approximate surface area is 189 Å². The van der Waals surface area contributed by atoms with Crippen LogP contribution in [0.1, 0.15) is 27.8 Å². The summed E-state index contributed by atoms with van der Waals surface area (Å²) in [6.07, 6.45) is 1.71. The number of rotatable bonds is 5. The van der Waals surface area contributed by atoms with Crippen molar-refractivity contribution in [3.63, 3.8) is 0 Å². The topological polar surface area (TPSA) is 47.9 Å². The predicted molar refractivity (Wildman–Crippen MR) is 126 cm³/mol. The van der Waals surface area contributed by atoms with Crippen molar-refractivity contribution in [1.29, 1.82) is 0 Å². The zero-order chi connectivity index (χ0) is 21.1. The van der Waals surface area contributed by atoms with Gasteiger partial charge in [0, 0.05) is 14.7 Å². The molecule has 30 heavy (non-hydrogen) atoms. The van der Waals surface area contributed by atoms with Crippen LogP contribution in [0.3, 0.4) is 0 Å². The van der Waals surface area contributed by atoms with E-state index in [0.717, 1.165) is 25.8 Å². The van der Waals surface area contributed by atoms with Gasteiger partial charge < -0.3 is 9.47 Å². The van der Waals surface area contributed by atoms with Crippen molar-refractivity contribution in [2.24, 2.45) is 4.99 Å². The second-order valence-electron chi connectivity index (χ2n) is 7.05. The molecule has 0 bridgehead atoms. The molecule has 4 nitrogen and oxygen atoms in total. The number of hydrogen-bond acceptors (Lipinski definition) is 4. The Hall–Kier alpha value is -2.93. The SMILES string of the molecule is Cc1cc(C2=N/C(=C\c3ccccc3OCc3ccccc3C)C(=O)O2)ccc1I. The van der Waals surface area contributed by atoms with E-state index >= 15 is 0 Å². The molecule has 1 aliphatic heterocycles. The van der Waals surface area contributed by atoms with E-state index in [1.54, 1.807) is 6.08 Å². The Morgan fingerprint density at radius 2 is 1.77 bits per heavy atom. The molecule has 0 N–H and O–H groups in total. The van der Waals surface area contributed by atoms with E-state index < -0.39 is 5.97 Å². The van der Waals surface area contributed by atoms with E-state index in [0.29, 0.717) is 18.3 Å². The number of nitrogens with zero attached hydrogens (tertiary/aromatic N) is 1. The Morgan fingerprint density at radius 3 is 2.57 bits per heavy atom. The maximum absolute atomic E-state index is 12.4. The number of cyclic esters (lactones) is 1. The molecule has 0 atom stereocenters. The first-order valence-corrected chi connectivity index (χ1v) is 10.6. The summed E-state index contributed by atoms with van der Waals surface area (Å²) >= 11 is 2.27. The molecule has 4 rings (SSSR count). The van der Waals surface area contributed by atoms with Crippen molar-refractivity contribution in [2.75, 3.05) is 0 Å². The second kappa shape index (κ2) is 8.83. The van der Waals surface area contributed by atoms with E-state index in [4.69, 9.17) is 9.47 Å². The average Bonchev–Trinajstić information content (AvgIpc) is 3.11. The minimum atomic E-state index is -0.463. The third-order valence-electron chi connectivity index (χ3n) is 4.88. The maximum Gasteiger partial charge on any atom is 0.363 e. The van der Waals surface area contributed by atoms with Crippen molar-refractivity contribution < 1.29 is 14.3 Å². The molecular formula is C25H20INO3. The van der Waals surface area contributed by atoms with Crippen molar-refractivity contribution in [2.45, 2.75) is 20.5 Å². The molecule has 3 aromatic carbocycles. The van der Waals surface area contributed by atoms with Gasteiger partial charge in [-0.15, -0.1) is 0 Å². The summed E-state index contributed by atoms with van der Waals surface area (Å²) in [6.45, 7) is 4.53. The molecule has 0 amide bonds. The summed E-state index contributed by atoms with van der Waals surface area (Å²) in [4.78, 5) is 16.8. The highest BCUT2D eigenvalue weighted by molar-refractivity contribution is 14.1. The van der Waals surface area contributed by atoms with E-state index in [1.807, 2.05) is 67.6 Å². The molecule has 1 aliphatic rings. The lowest BCUT2D eigenvalue weighted by molar-refractivity contribution is -0.129. The van der Waals surface area contributed by atoms with Gasteiger partial charge in [-0.3, -0.25) is 0 Å². The number of aryl methyl sites for hydroxylation is 2. The standard InChI is InChI=1S/C25H20INO3/c1-16-7-3-4-9-20(16)15-29-23-10-6-5-8-18(23)14-22-25(28)30-24(27-22)19-11-12-21(26)17(2)13-19/h3-14H,15H2,1-2H3/b22-14-. The van der Waals surface area contributed by atoms with Crippen LogP contribution in [0, 0.1) is 17.4 Å². The average molecular weight is 509 g/mol. The quantitative estimate of drug-likeness (QED) is 0.247. The van der Waals surface area contributed by atoms with Gasteiger partial charge in [-0.25, -0.2) is 9.79 Å². The molecule has 3 aromatic rings. The third-order valence-corrected chi connectivity index (χ3v) is 6.09. The number of para-hydroxylation sites is 1. The zero-order valence-electron chi connectivity index (χ0n) is 16.7. The molecule has 0 saturated heterocycles. The summed E-state index contributed by atoms with van der Waals surface area (Å²) in [7, 11) is 0. The van der Waals surface area contributed by atoms with Crippen molar-refractivity contribution in [3.05, 3.63) is 104 Å². The van der Waals surface area contributed by atoms with Gasteiger partial charge in [0.2, 0.25) is 5.90 Å². The molecule has 1 heterocycles. The molecule has 0 spiro atoms. The van der Waals surface area contributed by atoms with Crippen LogP contribution in [-0.2, 0) is 16.1 Å². The summed E-state index contributed by atoms with van der Waals surface area (Å²) in [5.74, 6) is 0.550. The van der Waals surface area contributed by atoms with Gasteiger partial charge in [0.15, 0.2) is 5.70 Å². The molecule has 0 fully saturated rings. The van der Waals surface area contributed by atoms with Crippen molar-refractivity contribution in [1.82, 2.24) is 0 Å². The van der Waals surface area contributed by atoms with Gasteiger partial charge in [0.1, 0.15) is 12.4 Å². The van der Waals surface area contributed by atoms with Crippen LogP contribution in [0.4, 0.5) is 0 Å². The van der Waals surface area contributed by atoms with Gasteiger partial charge in [-0.1, -0.05) is 42.5 Å². The molecule has 0 radical (unpaired) electrons. The van der Waals surface area contributed by atoms with Crippen LogP contribution < -0.4 is 4.74 Å². The zero-order valence-corrected chi connectivity index (χ0v) is 18.8. The number of hydrogen-bond donors (Lipinski definition) is 0. The summed E-state index contributed by atoms with van der Waals surface area (Å²) in [6, 6.07) is 21.6. The number of ether oxygens (including phenoxy) is 2. The summed E-state index contributed by atoms with van der Waals surface area (Å²) < 4.78 is 12.6. The minimum absolute atomic E-state index is 0.258. The fourth-order valence-electron chi connectivity index (χ4n) is 3.12. The van der Waals surface area contributed by atoms with Crippen LogP contribution in [0.25, 0.3) is 6.08 Å². The number of esters is 1. The maximum atomic E-state index is 12.4.